The maximum absolute atomic E-state index is 10.7. The van der Waals surface area contributed by atoms with Gasteiger partial charge in [-0.05, 0) is 51.9 Å². The third-order valence-electron chi connectivity index (χ3n) is 3.92. The lowest BCUT2D eigenvalue weighted by Crippen LogP contribution is -2.37. The maximum atomic E-state index is 10.7. The van der Waals surface area contributed by atoms with E-state index in [1.54, 1.807) is 12.1 Å². The van der Waals surface area contributed by atoms with Crippen LogP contribution in [0.5, 0.6) is 0 Å². The number of non-ortho nitro benzene ring substituents is 1. The number of nitrogens with zero attached hydrogens (tertiary/aromatic N) is 2. The van der Waals surface area contributed by atoms with Crippen molar-refractivity contribution in [3.8, 4) is 0 Å². The van der Waals surface area contributed by atoms with Gasteiger partial charge in [-0.3, -0.25) is 10.1 Å². The molecule has 1 aliphatic rings. The lowest BCUT2D eigenvalue weighted by atomic mass is 9.90. The van der Waals surface area contributed by atoms with Crippen molar-refractivity contribution < 1.29 is 4.92 Å². The van der Waals surface area contributed by atoms with E-state index in [1.165, 1.54) is 18.9 Å². The van der Waals surface area contributed by atoms with Crippen LogP contribution in [0.1, 0.15) is 19.8 Å². The molecule has 0 saturated carbocycles. The lowest BCUT2D eigenvalue weighted by Gasteiger charge is -2.33. The first kappa shape index (κ1) is 13.8. The van der Waals surface area contributed by atoms with Gasteiger partial charge in [-0.25, -0.2) is 0 Å². The molecule has 0 aromatic heterocycles. The van der Waals surface area contributed by atoms with Gasteiger partial charge < -0.3 is 10.2 Å². The summed E-state index contributed by atoms with van der Waals surface area (Å²) in [6.07, 6.45) is 2.36. The van der Waals surface area contributed by atoms with Crippen LogP contribution in [0.4, 0.5) is 11.4 Å². The predicted octanol–water partition coefficient (Wildman–Crippen LogP) is 2.74. The molecule has 104 valence electrons. The molecule has 5 heteroatoms. The highest BCUT2D eigenvalue weighted by molar-refractivity contribution is 5.51. The van der Waals surface area contributed by atoms with Gasteiger partial charge in [-0.2, -0.15) is 0 Å². The van der Waals surface area contributed by atoms with E-state index < -0.39 is 0 Å². The number of rotatable bonds is 4. The van der Waals surface area contributed by atoms with Crippen LogP contribution < -0.4 is 5.32 Å². The minimum atomic E-state index is -0.356. The van der Waals surface area contributed by atoms with Crippen molar-refractivity contribution in [2.75, 3.05) is 25.5 Å². The van der Waals surface area contributed by atoms with Crippen molar-refractivity contribution in [1.82, 2.24) is 4.90 Å². The van der Waals surface area contributed by atoms with E-state index in [2.05, 4.69) is 24.2 Å². The van der Waals surface area contributed by atoms with Crippen molar-refractivity contribution in [2.24, 2.45) is 5.92 Å². The van der Waals surface area contributed by atoms with E-state index in [-0.39, 0.29) is 10.6 Å². The highest BCUT2D eigenvalue weighted by atomic mass is 16.6. The predicted molar refractivity (Wildman–Crippen MR) is 76.4 cm³/mol. The summed E-state index contributed by atoms with van der Waals surface area (Å²) in [5.41, 5.74) is 0.973. The fourth-order valence-corrected chi connectivity index (χ4v) is 2.62. The SMILES string of the molecule is CC(Nc1cccc([N+](=O)[O-])c1)C1CCN(C)CC1. The largest absolute Gasteiger partial charge is 0.382 e. The Labute approximate surface area is 113 Å². The lowest BCUT2D eigenvalue weighted by molar-refractivity contribution is -0.384. The zero-order chi connectivity index (χ0) is 13.8. The maximum Gasteiger partial charge on any atom is 0.271 e. The Hall–Kier alpha value is -1.62. The van der Waals surface area contributed by atoms with Crippen LogP contribution in [0.2, 0.25) is 0 Å². The summed E-state index contributed by atoms with van der Waals surface area (Å²) in [4.78, 5) is 12.7. The Morgan fingerprint density at radius 2 is 2.11 bits per heavy atom. The van der Waals surface area contributed by atoms with Crippen molar-refractivity contribution in [3.63, 3.8) is 0 Å². The fraction of sp³-hybridized carbons (Fsp3) is 0.571. The van der Waals surface area contributed by atoms with Gasteiger partial charge in [-0.1, -0.05) is 6.07 Å². The van der Waals surface area contributed by atoms with Crippen LogP contribution >= 0.6 is 0 Å². The molecular weight excluding hydrogens is 242 g/mol. The van der Waals surface area contributed by atoms with Gasteiger partial charge in [0.1, 0.15) is 0 Å². The quantitative estimate of drug-likeness (QED) is 0.670. The number of likely N-dealkylation sites (tertiary alicyclic amines) is 1. The average molecular weight is 263 g/mol. The number of hydrogen-bond acceptors (Lipinski definition) is 4. The number of nitro groups is 1. The number of hydrogen-bond donors (Lipinski definition) is 1. The molecule has 1 saturated heterocycles. The number of benzene rings is 1. The molecule has 1 aliphatic heterocycles. The fourth-order valence-electron chi connectivity index (χ4n) is 2.62. The molecule has 1 fully saturated rings. The topological polar surface area (TPSA) is 58.4 Å². The molecule has 2 rings (SSSR count). The summed E-state index contributed by atoms with van der Waals surface area (Å²) in [7, 11) is 2.15. The van der Waals surface area contributed by atoms with Gasteiger partial charge in [0.25, 0.3) is 5.69 Å². The number of nitrogens with one attached hydrogen (secondary N) is 1. The number of piperidine rings is 1. The van der Waals surface area contributed by atoms with E-state index in [9.17, 15) is 10.1 Å². The molecule has 0 radical (unpaired) electrons. The van der Waals surface area contributed by atoms with Crippen LogP contribution in [0.3, 0.4) is 0 Å². The zero-order valence-corrected chi connectivity index (χ0v) is 11.5. The van der Waals surface area contributed by atoms with Crippen LogP contribution in [0.25, 0.3) is 0 Å². The third kappa shape index (κ3) is 3.67. The van der Waals surface area contributed by atoms with Gasteiger partial charge >= 0.3 is 0 Å². The first-order valence-electron chi connectivity index (χ1n) is 6.76. The zero-order valence-electron chi connectivity index (χ0n) is 11.5. The summed E-state index contributed by atoms with van der Waals surface area (Å²) in [6, 6.07) is 7.08. The van der Waals surface area contributed by atoms with Gasteiger partial charge in [0.05, 0.1) is 4.92 Å². The van der Waals surface area contributed by atoms with E-state index in [0.717, 1.165) is 18.8 Å². The highest BCUT2D eigenvalue weighted by Gasteiger charge is 2.22. The number of anilines is 1. The van der Waals surface area contributed by atoms with E-state index in [1.807, 2.05) is 6.07 Å². The summed E-state index contributed by atoms with van der Waals surface area (Å²) >= 11 is 0. The van der Waals surface area contributed by atoms with Crippen LogP contribution in [0, 0.1) is 16.0 Å². The second kappa shape index (κ2) is 6.02. The van der Waals surface area contributed by atoms with E-state index in [4.69, 9.17) is 0 Å². The van der Waals surface area contributed by atoms with Gasteiger partial charge in [0.2, 0.25) is 0 Å². The minimum Gasteiger partial charge on any atom is -0.382 e. The molecule has 5 nitrogen and oxygen atoms in total. The average Bonchev–Trinajstić information content (AvgIpc) is 2.39. The van der Waals surface area contributed by atoms with Crippen molar-refractivity contribution >= 4 is 11.4 Å². The highest BCUT2D eigenvalue weighted by Crippen LogP contribution is 2.24. The Morgan fingerprint density at radius 1 is 1.42 bits per heavy atom. The van der Waals surface area contributed by atoms with Crippen molar-refractivity contribution in [2.45, 2.75) is 25.8 Å². The molecule has 1 N–H and O–H groups in total. The van der Waals surface area contributed by atoms with E-state index >= 15 is 0 Å². The summed E-state index contributed by atoms with van der Waals surface area (Å²) < 4.78 is 0. The first-order chi connectivity index (χ1) is 9.06. The molecule has 19 heavy (non-hydrogen) atoms. The summed E-state index contributed by atoms with van der Waals surface area (Å²) in [6.45, 7) is 4.42. The van der Waals surface area contributed by atoms with Crippen LogP contribution in [-0.2, 0) is 0 Å². The Bertz CT molecular complexity index is 442. The molecule has 0 bridgehead atoms. The number of nitro benzene ring substituents is 1. The smallest absolute Gasteiger partial charge is 0.271 e. The van der Waals surface area contributed by atoms with Gasteiger partial charge in [-0.15, -0.1) is 0 Å². The minimum absolute atomic E-state index is 0.139. The standard InChI is InChI=1S/C14H21N3O2/c1-11(12-6-8-16(2)9-7-12)15-13-4-3-5-14(10-13)17(18)19/h3-5,10-12,15H,6-9H2,1-2H3. The second-order valence-electron chi connectivity index (χ2n) is 5.38. The van der Waals surface area contributed by atoms with Gasteiger partial charge in [0, 0.05) is 23.9 Å². The Balaban J connectivity index is 1.96. The summed E-state index contributed by atoms with van der Waals surface area (Å²) in [5, 5.41) is 14.1. The molecule has 0 aliphatic carbocycles. The molecular formula is C14H21N3O2. The Kier molecular flexibility index (Phi) is 4.37. The molecule has 1 aromatic rings. The molecule has 0 spiro atoms. The monoisotopic (exact) mass is 263 g/mol. The third-order valence-corrected chi connectivity index (χ3v) is 3.92. The van der Waals surface area contributed by atoms with Crippen LogP contribution in [-0.4, -0.2) is 36.0 Å². The summed E-state index contributed by atoms with van der Waals surface area (Å²) in [5.74, 6) is 0.635. The molecule has 1 heterocycles. The molecule has 1 aromatic carbocycles. The van der Waals surface area contributed by atoms with E-state index in [0.29, 0.717) is 12.0 Å². The normalized spacial score (nSPS) is 19.1. The first-order valence-corrected chi connectivity index (χ1v) is 6.76. The van der Waals surface area contributed by atoms with Crippen LogP contribution in [0.15, 0.2) is 24.3 Å². The molecule has 1 atom stereocenters. The second-order valence-corrected chi connectivity index (χ2v) is 5.38. The molecule has 1 unspecified atom stereocenters. The molecule has 0 amide bonds. The van der Waals surface area contributed by atoms with Crippen molar-refractivity contribution in [3.05, 3.63) is 34.4 Å². The van der Waals surface area contributed by atoms with Crippen molar-refractivity contribution in [1.29, 1.82) is 0 Å². The van der Waals surface area contributed by atoms with Gasteiger partial charge in [0.15, 0.2) is 0 Å². The Morgan fingerprint density at radius 3 is 2.74 bits per heavy atom.